The summed E-state index contributed by atoms with van der Waals surface area (Å²) in [5.74, 6) is 0.0180. The zero-order valence-electron chi connectivity index (χ0n) is 9.96. The monoisotopic (exact) mass is 285 g/mol. The first-order chi connectivity index (χ1) is 8.53. The molecule has 0 aliphatic rings. The van der Waals surface area contributed by atoms with Crippen LogP contribution in [0.4, 0.5) is 0 Å². The van der Waals surface area contributed by atoms with Crippen LogP contribution in [0.2, 0.25) is 0 Å². The van der Waals surface area contributed by atoms with E-state index in [2.05, 4.69) is 4.72 Å². The van der Waals surface area contributed by atoms with Crippen molar-refractivity contribution in [3.8, 4) is 0 Å². The molecule has 0 fully saturated rings. The SMILES string of the molecule is CCS(=O)(=O)NCC(O)c1csc2ccccc12. The lowest BCUT2D eigenvalue weighted by molar-refractivity contribution is 0.184. The Morgan fingerprint density at radius 2 is 2.11 bits per heavy atom. The normalized spacial score (nSPS) is 13.9. The number of aliphatic hydroxyl groups excluding tert-OH is 1. The van der Waals surface area contributed by atoms with Gasteiger partial charge in [-0.25, -0.2) is 13.1 Å². The number of sulfonamides is 1. The van der Waals surface area contributed by atoms with Gasteiger partial charge >= 0.3 is 0 Å². The van der Waals surface area contributed by atoms with E-state index in [0.717, 1.165) is 15.6 Å². The topological polar surface area (TPSA) is 66.4 Å². The first-order valence-corrected chi connectivity index (χ1v) is 8.18. The van der Waals surface area contributed by atoms with Crippen LogP contribution in [0.3, 0.4) is 0 Å². The molecule has 2 rings (SSSR count). The van der Waals surface area contributed by atoms with E-state index in [4.69, 9.17) is 0 Å². The van der Waals surface area contributed by atoms with Crippen molar-refractivity contribution in [2.45, 2.75) is 13.0 Å². The van der Waals surface area contributed by atoms with Crippen LogP contribution in [0.15, 0.2) is 29.6 Å². The van der Waals surface area contributed by atoms with Crippen LogP contribution in [0.1, 0.15) is 18.6 Å². The highest BCUT2D eigenvalue weighted by molar-refractivity contribution is 7.89. The Kier molecular flexibility index (Phi) is 4.01. The molecule has 1 atom stereocenters. The van der Waals surface area contributed by atoms with Gasteiger partial charge in [-0.05, 0) is 23.8 Å². The molecule has 0 saturated carbocycles. The molecule has 0 aliphatic heterocycles. The van der Waals surface area contributed by atoms with E-state index in [0.29, 0.717) is 0 Å². The second kappa shape index (κ2) is 5.36. The maximum atomic E-state index is 11.3. The quantitative estimate of drug-likeness (QED) is 0.881. The van der Waals surface area contributed by atoms with Crippen LogP contribution >= 0.6 is 11.3 Å². The molecule has 0 amide bonds. The van der Waals surface area contributed by atoms with Gasteiger partial charge in [0.05, 0.1) is 11.9 Å². The second-order valence-electron chi connectivity index (χ2n) is 3.95. The van der Waals surface area contributed by atoms with Crippen molar-refractivity contribution < 1.29 is 13.5 Å². The summed E-state index contributed by atoms with van der Waals surface area (Å²) in [5, 5.41) is 12.9. The van der Waals surface area contributed by atoms with Crippen molar-refractivity contribution in [3.05, 3.63) is 35.2 Å². The van der Waals surface area contributed by atoms with Crippen LogP contribution in [0.25, 0.3) is 10.1 Å². The number of rotatable bonds is 5. The minimum Gasteiger partial charge on any atom is -0.387 e. The zero-order chi connectivity index (χ0) is 13.2. The predicted molar refractivity (Wildman–Crippen MR) is 74.2 cm³/mol. The molecule has 2 N–H and O–H groups in total. The van der Waals surface area contributed by atoms with Crippen LogP contribution in [-0.4, -0.2) is 25.8 Å². The Balaban J connectivity index is 2.17. The van der Waals surface area contributed by atoms with Crippen LogP contribution in [0.5, 0.6) is 0 Å². The third-order valence-corrected chi connectivity index (χ3v) is 5.09. The molecule has 1 unspecified atom stereocenters. The van der Waals surface area contributed by atoms with E-state index in [-0.39, 0.29) is 12.3 Å². The van der Waals surface area contributed by atoms with Crippen molar-refractivity contribution in [1.82, 2.24) is 4.72 Å². The molecule has 1 aromatic carbocycles. The van der Waals surface area contributed by atoms with Gasteiger partial charge in [0.2, 0.25) is 10.0 Å². The van der Waals surface area contributed by atoms with Crippen LogP contribution in [-0.2, 0) is 10.0 Å². The molecule has 4 nitrogen and oxygen atoms in total. The van der Waals surface area contributed by atoms with Crippen molar-refractivity contribution in [3.63, 3.8) is 0 Å². The zero-order valence-corrected chi connectivity index (χ0v) is 11.6. The molecule has 0 bridgehead atoms. The molecule has 2 aromatic rings. The summed E-state index contributed by atoms with van der Waals surface area (Å²) in [7, 11) is -3.27. The fourth-order valence-electron chi connectivity index (χ4n) is 1.67. The van der Waals surface area contributed by atoms with Gasteiger partial charge in [0.25, 0.3) is 0 Å². The van der Waals surface area contributed by atoms with Crippen molar-refractivity contribution >= 4 is 31.4 Å². The first-order valence-electron chi connectivity index (χ1n) is 5.65. The Morgan fingerprint density at radius 3 is 2.83 bits per heavy atom. The second-order valence-corrected chi connectivity index (χ2v) is 6.96. The molecule has 6 heteroatoms. The summed E-state index contributed by atoms with van der Waals surface area (Å²) in [6.45, 7) is 1.58. The van der Waals surface area contributed by atoms with Gasteiger partial charge in [-0.3, -0.25) is 0 Å². The lowest BCUT2D eigenvalue weighted by Crippen LogP contribution is -2.29. The molecule has 1 aromatic heterocycles. The number of thiophene rings is 1. The number of fused-ring (bicyclic) bond motifs is 1. The fourth-order valence-corrected chi connectivity index (χ4v) is 3.30. The van der Waals surface area contributed by atoms with E-state index < -0.39 is 16.1 Å². The van der Waals surface area contributed by atoms with Gasteiger partial charge in [-0.15, -0.1) is 11.3 Å². The lowest BCUT2D eigenvalue weighted by atomic mass is 10.1. The van der Waals surface area contributed by atoms with E-state index in [1.54, 1.807) is 18.3 Å². The summed E-state index contributed by atoms with van der Waals surface area (Å²) in [5.41, 5.74) is 0.773. The van der Waals surface area contributed by atoms with Gasteiger partial charge in [-0.1, -0.05) is 18.2 Å². The smallest absolute Gasteiger partial charge is 0.211 e. The summed E-state index contributed by atoms with van der Waals surface area (Å²) in [6.07, 6.45) is -0.817. The van der Waals surface area contributed by atoms with Gasteiger partial charge in [0.15, 0.2) is 0 Å². The van der Waals surface area contributed by atoms with Crippen LogP contribution < -0.4 is 4.72 Å². The number of hydrogen-bond donors (Lipinski definition) is 2. The summed E-state index contributed by atoms with van der Waals surface area (Å²) < 4.78 is 26.1. The van der Waals surface area contributed by atoms with E-state index in [1.165, 1.54) is 0 Å². The largest absolute Gasteiger partial charge is 0.387 e. The minimum atomic E-state index is -3.27. The summed E-state index contributed by atoms with van der Waals surface area (Å²) in [6, 6.07) is 7.75. The Bertz CT molecular complexity index is 634. The van der Waals surface area contributed by atoms with Crippen molar-refractivity contribution in [2.24, 2.45) is 0 Å². The average molecular weight is 285 g/mol. The Labute approximate surface area is 110 Å². The molecule has 1 heterocycles. The van der Waals surface area contributed by atoms with Crippen molar-refractivity contribution in [1.29, 1.82) is 0 Å². The van der Waals surface area contributed by atoms with Crippen LogP contribution in [0, 0.1) is 0 Å². The number of hydrogen-bond acceptors (Lipinski definition) is 4. The molecule has 0 saturated heterocycles. The maximum absolute atomic E-state index is 11.3. The molecule has 0 spiro atoms. The molecule has 0 aliphatic carbocycles. The summed E-state index contributed by atoms with van der Waals surface area (Å²) >= 11 is 1.54. The average Bonchev–Trinajstić information content (AvgIpc) is 2.80. The molecule has 98 valence electrons. The Morgan fingerprint density at radius 1 is 1.39 bits per heavy atom. The molecule has 0 radical (unpaired) electrons. The lowest BCUT2D eigenvalue weighted by Gasteiger charge is -2.11. The standard InChI is InChI=1S/C12H15NO3S2/c1-2-18(15,16)13-7-11(14)10-8-17-12-6-4-3-5-9(10)12/h3-6,8,11,13-14H,2,7H2,1H3. The molecular weight excluding hydrogens is 270 g/mol. The highest BCUT2D eigenvalue weighted by Gasteiger charge is 2.15. The third kappa shape index (κ3) is 2.89. The fraction of sp³-hybridized carbons (Fsp3) is 0.333. The number of nitrogens with one attached hydrogen (secondary N) is 1. The van der Waals surface area contributed by atoms with Gasteiger partial charge in [0, 0.05) is 16.8 Å². The third-order valence-electron chi connectivity index (χ3n) is 2.75. The number of aliphatic hydroxyl groups is 1. The molecule has 18 heavy (non-hydrogen) atoms. The highest BCUT2D eigenvalue weighted by Crippen LogP contribution is 2.29. The Hall–Kier alpha value is -0.950. The number of benzene rings is 1. The van der Waals surface area contributed by atoms with Crippen molar-refractivity contribution in [2.75, 3.05) is 12.3 Å². The molecular formula is C12H15NO3S2. The highest BCUT2D eigenvalue weighted by atomic mass is 32.2. The van der Waals surface area contributed by atoms with Gasteiger partial charge in [-0.2, -0.15) is 0 Å². The van der Waals surface area contributed by atoms with Gasteiger partial charge < -0.3 is 5.11 Å². The van der Waals surface area contributed by atoms with E-state index >= 15 is 0 Å². The maximum Gasteiger partial charge on any atom is 0.211 e. The van der Waals surface area contributed by atoms with E-state index in [9.17, 15) is 13.5 Å². The summed E-state index contributed by atoms with van der Waals surface area (Å²) in [4.78, 5) is 0. The first kappa shape index (κ1) is 13.5. The minimum absolute atomic E-state index is 0.0108. The van der Waals surface area contributed by atoms with E-state index in [1.807, 2.05) is 29.6 Å². The predicted octanol–water partition coefficient (Wildman–Crippen LogP) is 1.87. The van der Waals surface area contributed by atoms with Gasteiger partial charge in [0.1, 0.15) is 0 Å².